The fourth-order valence-corrected chi connectivity index (χ4v) is 1.67. The van der Waals surface area contributed by atoms with Crippen molar-refractivity contribution in [3.8, 4) is 0 Å². The van der Waals surface area contributed by atoms with Crippen molar-refractivity contribution in [2.45, 2.75) is 32.4 Å². The number of hydrogen-bond donors (Lipinski definition) is 3. The van der Waals surface area contributed by atoms with Crippen molar-refractivity contribution in [2.24, 2.45) is 5.92 Å². The van der Waals surface area contributed by atoms with Gasteiger partial charge in [0.15, 0.2) is 0 Å². The highest BCUT2D eigenvalue weighted by atomic mass is 16.4. The molecule has 0 saturated heterocycles. The molecular formula is C11H16N2O4. The standard InChI is InChI=1S/C11H16N2O4/c1-6(12-7(2)14)10(15)13-9-4-3-8(5-9)11(16)17/h3-4,6,8-9H,5H2,1-2H3,(H,12,14)(H,13,15)(H,16,17). The molecule has 0 aliphatic heterocycles. The van der Waals surface area contributed by atoms with Gasteiger partial charge in [0.05, 0.1) is 5.92 Å². The van der Waals surface area contributed by atoms with Crippen LogP contribution in [0, 0.1) is 5.92 Å². The zero-order valence-corrected chi connectivity index (χ0v) is 9.77. The van der Waals surface area contributed by atoms with E-state index in [-0.39, 0.29) is 17.9 Å². The first-order chi connectivity index (χ1) is 7.90. The second-order valence-corrected chi connectivity index (χ2v) is 4.10. The molecule has 0 heterocycles. The van der Waals surface area contributed by atoms with E-state index in [1.54, 1.807) is 19.1 Å². The van der Waals surface area contributed by atoms with Gasteiger partial charge in [0.25, 0.3) is 0 Å². The summed E-state index contributed by atoms with van der Waals surface area (Å²) < 4.78 is 0. The van der Waals surface area contributed by atoms with Crippen molar-refractivity contribution >= 4 is 17.8 Å². The largest absolute Gasteiger partial charge is 0.481 e. The topological polar surface area (TPSA) is 95.5 Å². The lowest BCUT2D eigenvalue weighted by molar-refractivity contribution is -0.140. The number of carbonyl (C=O) groups excluding carboxylic acids is 2. The minimum absolute atomic E-state index is 0.278. The average Bonchev–Trinajstić information content (AvgIpc) is 2.65. The molecule has 1 rings (SSSR count). The molecular weight excluding hydrogens is 224 g/mol. The fourth-order valence-electron chi connectivity index (χ4n) is 1.67. The Hall–Kier alpha value is -1.85. The van der Waals surface area contributed by atoms with Crippen LogP contribution in [0.1, 0.15) is 20.3 Å². The highest BCUT2D eigenvalue weighted by molar-refractivity contribution is 5.86. The SMILES string of the molecule is CC(=O)NC(C)C(=O)NC1C=CC(C(=O)O)C1. The van der Waals surface area contributed by atoms with Crippen LogP contribution in [-0.2, 0) is 14.4 Å². The van der Waals surface area contributed by atoms with Gasteiger partial charge in [-0.3, -0.25) is 14.4 Å². The summed E-state index contributed by atoms with van der Waals surface area (Å²) in [4.78, 5) is 33.0. The van der Waals surface area contributed by atoms with Crippen molar-refractivity contribution in [1.82, 2.24) is 10.6 Å². The second kappa shape index (κ2) is 5.47. The molecule has 0 aromatic carbocycles. The van der Waals surface area contributed by atoms with E-state index in [9.17, 15) is 14.4 Å². The third-order valence-corrected chi connectivity index (χ3v) is 2.54. The molecule has 0 spiro atoms. The lowest BCUT2D eigenvalue weighted by Crippen LogP contribution is -2.47. The summed E-state index contributed by atoms with van der Waals surface area (Å²) in [5, 5.41) is 13.9. The quantitative estimate of drug-likeness (QED) is 0.586. The van der Waals surface area contributed by atoms with Gasteiger partial charge in [-0.1, -0.05) is 12.2 Å². The van der Waals surface area contributed by atoms with Gasteiger partial charge in [0.2, 0.25) is 11.8 Å². The van der Waals surface area contributed by atoms with Crippen LogP contribution >= 0.6 is 0 Å². The zero-order valence-electron chi connectivity index (χ0n) is 9.77. The summed E-state index contributed by atoms with van der Waals surface area (Å²) in [6.07, 6.45) is 3.58. The molecule has 1 aliphatic rings. The predicted octanol–water partition coefficient (Wildman–Crippen LogP) is -0.343. The van der Waals surface area contributed by atoms with E-state index in [0.717, 1.165) is 0 Å². The number of hydrogen-bond acceptors (Lipinski definition) is 3. The van der Waals surface area contributed by atoms with Gasteiger partial charge in [-0.2, -0.15) is 0 Å². The van der Waals surface area contributed by atoms with Crippen LogP contribution < -0.4 is 10.6 Å². The molecule has 0 saturated carbocycles. The van der Waals surface area contributed by atoms with Crippen LogP contribution in [0.15, 0.2) is 12.2 Å². The first kappa shape index (κ1) is 13.2. The van der Waals surface area contributed by atoms with E-state index < -0.39 is 17.9 Å². The average molecular weight is 240 g/mol. The molecule has 3 unspecified atom stereocenters. The molecule has 2 amide bonds. The summed E-state index contributed by atoms with van der Waals surface area (Å²) in [6.45, 7) is 2.91. The van der Waals surface area contributed by atoms with Crippen molar-refractivity contribution in [3.63, 3.8) is 0 Å². The smallest absolute Gasteiger partial charge is 0.310 e. The van der Waals surface area contributed by atoms with E-state index in [1.165, 1.54) is 6.92 Å². The summed E-state index contributed by atoms with van der Waals surface area (Å²) in [5.74, 6) is -2.04. The molecule has 3 atom stereocenters. The first-order valence-electron chi connectivity index (χ1n) is 5.38. The summed E-state index contributed by atoms with van der Waals surface area (Å²) in [7, 11) is 0. The van der Waals surface area contributed by atoms with Crippen LogP contribution in [0.4, 0.5) is 0 Å². The maximum Gasteiger partial charge on any atom is 0.310 e. The van der Waals surface area contributed by atoms with Crippen LogP contribution in [-0.4, -0.2) is 35.0 Å². The van der Waals surface area contributed by atoms with Crippen LogP contribution in [0.3, 0.4) is 0 Å². The number of carbonyl (C=O) groups is 3. The third-order valence-electron chi connectivity index (χ3n) is 2.54. The molecule has 94 valence electrons. The lowest BCUT2D eigenvalue weighted by Gasteiger charge is -2.16. The van der Waals surface area contributed by atoms with E-state index >= 15 is 0 Å². The third kappa shape index (κ3) is 3.90. The van der Waals surface area contributed by atoms with Gasteiger partial charge < -0.3 is 15.7 Å². The molecule has 0 aromatic rings. The minimum atomic E-state index is -0.895. The summed E-state index contributed by atoms with van der Waals surface area (Å²) in [5.41, 5.74) is 0. The van der Waals surface area contributed by atoms with Gasteiger partial charge >= 0.3 is 5.97 Å². The van der Waals surface area contributed by atoms with E-state index in [1.807, 2.05) is 0 Å². The Balaban J connectivity index is 2.41. The molecule has 0 fully saturated rings. The normalized spacial score (nSPS) is 24.1. The fraction of sp³-hybridized carbons (Fsp3) is 0.545. The Bertz CT molecular complexity index is 364. The van der Waals surface area contributed by atoms with Gasteiger partial charge in [0, 0.05) is 13.0 Å². The highest BCUT2D eigenvalue weighted by Gasteiger charge is 2.26. The number of carboxylic acids is 1. The summed E-state index contributed by atoms with van der Waals surface area (Å²) >= 11 is 0. The number of amides is 2. The molecule has 6 heteroatoms. The van der Waals surface area contributed by atoms with Crippen molar-refractivity contribution in [3.05, 3.63) is 12.2 Å². The number of rotatable bonds is 4. The monoisotopic (exact) mass is 240 g/mol. The van der Waals surface area contributed by atoms with Gasteiger partial charge in [-0.25, -0.2) is 0 Å². The molecule has 0 radical (unpaired) electrons. The van der Waals surface area contributed by atoms with Gasteiger partial charge in [-0.05, 0) is 13.3 Å². The number of nitrogens with one attached hydrogen (secondary N) is 2. The Morgan fingerprint density at radius 2 is 2.00 bits per heavy atom. The van der Waals surface area contributed by atoms with Crippen LogP contribution in [0.2, 0.25) is 0 Å². The van der Waals surface area contributed by atoms with Crippen molar-refractivity contribution in [2.75, 3.05) is 0 Å². The summed E-state index contributed by atoms with van der Waals surface area (Å²) in [6, 6.07) is -0.899. The maximum atomic E-state index is 11.6. The first-order valence-corrected chi connectivity index (χ1v) is 5.38. The molecule has 0 aromatic heterocycles. The molecule has 6 nitrogen and oxygen atoms in total. The Kier molecular flexibility index (Phi) is 4.25. The zero-order chi connectivity index (χ0) is 13.0. The predicted molar refractivity (Wildman–Crippen MR) is 60.1 cm³/mol. The number of aliphatic carboxylic acids is 1. The number of carboxylic acid groups (broad SMARTS) is 1. The van der Waals surface area contributed by atoms with E-state index in [2.05, 4.69) is 10.6 Å². The molecule has 3 N–H and O–H groups in total. The van der Waals surface area contributed by atoms with Gasteiger partial charge in [0.1, 0.15) is 6.04 Å². The van der Waals surface area contributed by atoms with E-state index in [0.29, 0.717) is 6.42 Å². The molecule has 17 heavy (non-hydrogen) atoms. The molecule has 0 bridgehead atoms. The second-order valence-electron chi connectivity index (χ2n) is 4.10. The van der Waals surface area contributed by atoms with Gasteiger partial charge in [-0.15, -0.1) is 0 Å². The van der Waals surface area contributed by atoms with Crippen LogP contribution in [0.5, 0.6) is 0 Å². The Morgan fingerprint density at radius 3 is 2.47 bits per heavy atom. The molecule has 1 aliphatic carbocycles. The lowest BCUT2D eigenvalue weighted by atomic mass is 10.1. The maximum absolute atomic E-state index is 11.6. The Labute approximate surface area is 99.1 Å². The van der Waals surface area contributed by atoms with E-state index in [4.69, 9.17) is 5.11 Å². The minimum Gasteiger partial charge on any atom is -0.481 e. The van der Waals surface area contributed by atoms with Crippen LogP contribution in [0.25, 0.3) is 0 Å². The van der Waals surface area contributed by atoms with Crippen molar-refractivity contribution in [1.29, 1.82) is 0 Å². The Morgan fingerprint density at radius 1 is 1.35 bits per heavy atom. The van der Waals surface area contributed by atoms with Crippen molar-refractivity contribution < 1.29 is 19.5 Å². The highest BCUT2D eigenvalue weighted by Crippen LogP contribution is 2.17.